The van der Waals surface area contributed by atoms with Gasteiger partial charge in [0.2, 0.25) is 35.4 Å². The van der Waals surface area contributed by atoms with Crippen LogP contribution in [0.25, 0.3) is 0 Å². The van der Waals surface area contributed by atoms with E-state index in [1.54, 1.807) is 0 Å². The number of carbonyl (C=O) groups excluding carboxylic acids is 6. The minimum absolute atomic E-state index is 0.0104. The fourth-order valence-corrected chi connectivity index (χ4v) is 9.97. The van der Waals surface area contributed by atoms with Crippen molar-refractivity contribution in [1.82, 2.24) is 36.4 Å². The van der Waals surface area contributed by atoms with E-state index in [1.165, 1.54) is 42.5 Å². The van der Waals surface area contributed by atoms with E-state index >= 15 is 0 Å². The Kier molecular flexibility index (Phi) is 24.4. The molecule has 3 heterocycles. The summed E-state index contributed by atoms with van der Waals surface area (Å²) >= 11 is 0. The van der Waals surface area contributed by atoms with E-state index < -0.39 is 127 Å². The summed E-state index contributed by atoms with van der Waals surface area (Å²) in [7, 11) is 0. The number of hydrogen-bond acceptors (Lipinski definition) is 17. The number of nitrogens with zero attached hydrogens (tertiary/aromatic N) is 2. The number of aliphatic hydroxyl groups is 8. The van der Waals surface area contributed by atoms with E-state index in [0.717, 1.165) is 49.8 Å². The standard InChI is InChI=1S/C51H84N8O15/c1-6-27(2)23-28(3)13-11-9-7-8-10-12-14-39(66)53-34-25-38(65)48(71)57-50(73)43-37(64)20-22-58(43)51(74)41(36(63)19-21-52)55-49(72)42(45(68)44(67)31-15-17-32(61)18-16-31)56-47(70)35-24-33(62)26-59(35)29(4)40(30(5)60)54-46(34)69/h15-18,27-28,30,33-38,40-45,48,60-65,67-68,71H,4,6-14,19-26,52H2,1-3,5H3,(H,53,66)(H,54,69)(H,55,72)(H,56,70)(H,57,73)/t27-,28+,30+,33+,34-,35-,36+,37-,38+,40+,41-,42-,43-,44-,45-,48+/m0/s1. The lowest BCUT2D eigenvalue weighted by Crippen LogP contribution is -2.64. The highest BCUT2D eigenvalue weighted by molar-refractivity contribution is 5.96. The minimum Gasteiger partial charge on any atom is -0.508 e. The predicted molar refractivity (Wildman–Crippen MR) is 269 cm³/mol. The number of benzene rings is 1. The van der Waals surface area contributed by atoms with Crippen molar-refractivity contribution in [3.63, 3.8) is 0 Å². The number of carbonyl (C=O) groups is 6. The molecule has 0 saturated carbocycles. The molecule has 3 aliphatic rings. The van der Waals surface area contributed by atoms with E-state index in [1.807, 2.05) is 0 Å². The van der Waals surface area contributed by atoms with Crippen molar-refractivity contribution in [3.05, 3.63) is 42.1 Å². The van der Waals surface area contributed by atoms with Crippen LogP contribution in [-0.4, -0.2) is 190 Å². The Morgan fingerprint density at radius 1 is 0.757 bits per heavy atom. The Hall–Kier alpha value is -4.98. The molecule has 3 fully saturated rings. The van der Waals surface area contributed by atoms with Gasteiger partial charge in [0.25, 0.3) is 0 Å². The molecule has 6 amide bonds. The molecule has 0 aliphatic carbocycles. The van der Waals surface area contributed by atoms with Gasteiger partial charge in [-0.15, -0.1) is 0 Å². The largest absolute Gasteiger partial charge is 0.508 e. The van der Waals surface area contributed by atoms with Crippen molar-refractivity contribution in [2.75, 3.05) is 19.6 Å². The van der Waals surface area contributed by atoms with E-state index in [4.69, 9.17) is 5.73 Å². The first kappa shape index (κ1) is 61.6. The Balaban J connectivity index is 1.68. The second kappa shape index (κ2) is 29.4. The number of phenols is 1. The fraction of sp³-hybridized carbons (Fsp3) is 0.725. The number of nitrogens with one attached hydrogen (secondary N) is 5. The van der Waals surface area contributed by atoms with Gasteiger partial charge in [0.15, 0.2) is 6.23 Å². The fourth-order valence-electron chi connectivity index (χ4n) is 9.97. The molecular formula is C51H84N8O15. The van der Waals surface area contributed by atoms with Gasteiger partial charge in [0, 0.05) is 38.0 Å². The van der Waals surface area contributed by atoms with Crippen molar-refractivity contribution in [2.45, 2.75) is 203 Å². The van der Waals surface area contributed by atoms with Crippen molar-refractivity contribution < 1.29 is 74.7 Å². The summed E-state index contributed by atoms with van der Waals surface area (Å²) < 4.78 is 0. The first-order chi connectivity index (χ1) is 35.0. The lowest BCUT2D eigenvalue weighted by molar-refractivity contribution is -0.148. The molecule has 0 radical (unpaired) electrons. The molecule has 0 aromatic heterocycles. The maximum absolute atomic E-state index is 14.4. The van der Waals surface area contributed by atoms with E-state index in [-0.39, 0.29) is 62.3 Å². The third-order valence-electron chi connectivity index (χ3n) is 14.5. The molecule has 0 spiro atoms. The Morgan fingerprint density at radius 3 is 2.01 bits per heavy atom. The van der Waals surface area contributed by atoms with Crippen LogP contribution in [0.1, 0.15) is 129 Å². The number of hydrogen-bond donors (Lipinski definition) is 15. The van der Waals surface area contributed by atoms with Crippen LogP contribution in [-0.2, 0) is 28.8 Å². The van der Waals surface area contributed by atoms with Crippen molar-refractivity contribution >= 4 is 35.4 Å². The molecule has 1 aromatic carbocycles. The lowest BCUT2D eigenvalue weighted by Gasteiger charge is -2.36. The predicted octanol–water partition coefficient (Wildman–Crippen LogP) is -1.88. The smallest absolute Gasteiger partial charge is 0.248 e. The van der Waals surface area contributed by atoms with Crippen molar-refractivity contribution in [2.24, 2.45) is 17.6 Å². The van der Waals surface area contributed by atoms with Crippen molar-refractivity contribution in [1.29, 1.82) is 0 Å². The molecule has 0 bridgehead atoms. The first-order valence-corrected chi connectivity index (χ1v) is 26.2. The van der Waals surface area contributed by atoms with E-state index in [9.17, 15) is 74.7 Å². The summed E-state index contributed by atoms with van der Waals surface area (Å²) in [5.41, 5.74) is 5.55. The number of aromatic hydroxyl groups is 1. The summed E-state index contributed by atoms with van der Waals surface area (Å²) in [6.45, 7) is 11.2. The Bertz CT molecular complexity index is 2020. The molecule has 3 aliphatic heterocycles. The van der Waals surface area contributed by atoms with Gasteiger partial charge in [-0.3, -0.25) is 28.8 Å². The number of rotatable bonds is 20. The summed E-state index contributed by atoms with van der Waals surface area (Å²) in [6, 6.07) is -5.63. The summed E-state index contributed by atoms with van der Waals surface area (Å²) in [6.07, 6.45) is -7.28. The summed E-state index contributed by atoms with van der Waals surface area (Å²) in [5, 5.41) is 112. The van der Waals surface area contributed by atoms with Gasteiger partial charge in [0.1, 0.15) is 54.3 Å². The van der Waals surface area contributed by atoms with Crippen LogP contribution in [0.4, 0.5) is 0 Å². The first-order valence-electron chi connectivity index (χ1n) is 26.2. The molecule has 4 rings (SSSR count). The van der Waals surface area contributed by atoms with Crippen LogP contribution in [0.5, 0.6) is 5.75 Å². The molecule has 0 unspecified atom stereocenters. The zero-order chi connectivity index (χ0) is 55.0. The highest BCUT2D eigenvalue weighted by Gasteiger charge is 2.48. The molecular weight excluding hydrogens is 965 g/mol. The molecule has 16 atom stereocenters. The average Bonchev–Trinajstić information content (AvgIpc) is 3.95. The molecule has 23 heteroatoms. The molecule has 418 valence electrons. The van der Waals surface area contributed by atoms with Crippen LogP contribution < -0.4 is 32.3 Å². The Morgan fingerprint density at radius 2 is 1.38 bits per heavy atom. The highest BCUT2D eigenvalue weighted by atomic mass is 16.3. The van der Waals surface area contributed by atoms with Gasteiger partial charge in [-0.25, -0.2) is 0 Å². The number of phenolic OH excluding ortho intramolecular Hbond substituents is 1. The van der Waals surface area contributed by atoms with Gasteiger partial charge in [-0.2, -0.15) is 0 Å². The number of unbranched alkanes of at least 4 members (excludes halogenated alkanes) is 5. The number of fused-ring (bicyclic) bond motifs is 2. The Labute approximate surface area is 433 Å². The zero-order valence-electron chi connectivity index (χ0n) is 43.2. The van der Waals surface area contributed by atoms with Gasteiger partial charge < -0.3 is 88.1 Å². The van der Waals surface area contributed by atoms with Crippen LogP contribution in [0.2, 0.25) is 0 Å². The third-order valence-corrected chi connectivity index (χ3v) is 14.5. The molecule has 74 heavy (non-hydrogen) atoms. The van der Waals surface area contributed by atoms with Crippen LogP contribution in [0, 0.1) is 11.8 Å². The lowest BCUT2D eigenvalue weighted by atomic mass is 9.91. The molecule has 1 aromatic rings. The van der Waals surface area contributed by atoms with E-state index in [0.29, 0.717) is 18.3 Å². The second-order valence-electron chi connectivity index (χ2n) is 20.6. The monoisotopic (exact) mass is 1050 g/mol. The number of nitrogens with two attached hydrogens (primary N) is 1. The van der Waals surface area contributed by atoms with E-state index in [2.05, 4.69) is 53.9 Å². The second-order valence-corrected chi connectivity index (χ2v) is 20.6. The van der Waals surface area contributed by atoms with Crippen LogP contribution in [0.15, 0.2) is 36.5 Å². The van der Waals surface area contributed by atoms with Crippen LogP contribution in [0.3, 0.4) is 0 Å². The normalized spacial score (nSPS) is 29.3. The maximum Gasteiger partial charge on any atom is 0.248 e. The highest BCUT2D eigenvalue weighted by Crippen LogP contribution is 2.28. The number of amides is 6. The summed E-state index contributed by atoms with van der Waals surface area (Å²) in [5.74, 6) is -5.18. The third kappa shape index (κ3) is 17.3. The van der Waals surface area contributed by atoms with Crippen LogP contribution >= 0.6 is 0 Å². The molecule has 16 N–H and O–H groups in total. The quantitative estimate of drug-likeness (QED) is 0.0636. The zero-order valence-corrected chi connectivity index (χ0v) is 43.2. The topological polar surface area (TPSA) is 377 Å². The van der Waals surface area contributed by atoms with Gasteiger partial charge in [-0.05, 0) is 68.7 Å². The van der Waals surface area contributed by atoms with Gasteiger partial charge >= 0.3 is 0 Å². The number of aliphatic hydroxyl groups excluding tert-OH is 8. The van der Waals surface area contributed by atoms with Gasteiger partial charge in [-0.1, -0.05) is 84.4 Å². The van der Waals surface area contributed by atoms with Gasteiger partial charge in [0.05, 0.1) is 30.5 Å². The minimum atomic E-state index is -2.23. The molecule has 3 saturated heterocycles. The average molecular weight is 1050 g/mol. The SMILES string of the molecule is C=C1[C@H]([C@@H](C)O)NC(=O)[C@@H](NC(=O)CCCCCCCC[C@@H](C)C[C@@H](C)CC)C[C@@H](O)[C@@H](O)NC(=O)[C@@H]2[C@@H](O)CCN2C(=O)[C@H]([C@H](O)CCN)NC(=O)[C@H]([C@H](O)[C@@H](O)c2ccc(O)cc2)NC(=O)[C@@H]2C[C@@H](O)CN12. The maximum atomic E-state index is 14.4. The molecule has 23 nitrogen and oxygen atoms in total. The summed E-state index contributed by atoms with van der Waals surface area (Å²) in [4.78, 5) is 86.9. The van der Waals surface area contributed by atoms with Crippen molar-refractivity contribution in [3.8, 4) is 5.75 Å².